The number of hydrogen-bond acceptors (Lipinski definition) is 2. The molecule has 0 spiro atoms. The summed E-state index contributed by atoms with van der Waals surface area (Å²) in [7, 11) is 0. The van der Waals surface area contributed by atoms with Crippen molar-refractivity contribution in [3.63, 3.8) is 0 Å². The fraction of sp³-hybridized carbons (Fsp3) is 0.235. The van der Waals surface area contributed by atoms with Gasteiger partial charge in [-0.3, -0.25) is 4.79 Å². The van der Waals surface area contributed by atoms with Gasteiger partial charge in [-0.15, -0.1) is 0 Å². The van der Waals surface area contributed by atoms with Gasteiger partial charge < -0.3 is 10.6 Å². The van der Waals surface area contributed by atoms with Gasteiger partial charge in [0.25, 0.3) is 0 Å². The normalized spacial score (nSPS) is 10.4. The van der Waals surface area contributed by atoms with E-state index in [1.54, 1.807) is 0 Å². The molecule has 1 amide bonds. The summed E-state index contributed by atoms with van der Waals surface area (Å²) in [6.07, 6.45) is 0.228. The smallest absolute Gasteiger partial charge is 0.226 e. The van der Waals surface area contributed by atoms with Gasteiger partial charge in [-0.2, -0.15) is 0 Å². The molecule has 3 nitrogen and oxygen atoms in total. The molecule has 2 N–H and O–H groups in total. The molecule has 0 aliphatic carbocycles. The first-order valence-corrected chi connectivity index (χ1v) is 7.02. The van der Waals surface area contributed by atoms with Gasteiger partial charge in [-0.05, 0) is 37.6 Å². The van der Waals surface area contributed by atoms with E-state index < -0.39 is 11.6 Å². The monoisotopic (exact) mass is 304 g/mol. The van der Waals surface area contributed by atoms with Gasteiger partial charge in [0.05, 0.1) is 0 Å². The van der Waals surface area contributed by atoms with Crippen LogP contribution in [-0.2, 0) is 4.79 Å². The molecule has 0 aromatic heterocycles. The summed E-state index contributed by atoms with van der Waals surface area (Å²) in [5, 5.41) is 5.72. The molecule has 2 rings (SSSR count). The van der Waals surface area contributed by atoms with Crippen molar-refractivity contribution in [2.24, 2.45) is 0 Å². The van der Waals surface area contributed by atoms with Crippen LogP contribution in [0.25, 0.3) is 0 Å². The minimum absolute atomic E-state index is 0.228. The summed E-state index contributed by atoms with van der Waals surface area (Å²) in [4.78, 5) is 11.8. The Balaban J connectivity index is 1.83. The van der Waals surface area contributed by atoms with Crippen LogP contribution in [0.2, 0.25) is 0 Å². The predicted molar refractivity (Wildman–Crippen MR) is 84.0 cm³/mol. The van der Waals surface area contributed by atoms with Gasteiger partial charge in [-0.25, -0.2) is 8.78 Å². The standard InChI is InChI=1S/C17H18F2N2O/c1-11-3-6-16(12(2)9-11)20-8-7-17(22)21-13-4-5-14(18)15(19)10-13/h3-6,9-10,20H,7-8H2,1-2H3,(H,21,22). The topological polar surface area (TPSA) is 41.1 Å². The summed E-state index contributed by atoms with van der Waals surface area (Å²) in [6.45, 7) is 4.47. The van der Waals surface area contributed by atoms with Gasteiger partial charge in [0.15, 0.2) is 11.6 Å². The molecule has 0 saturated heterocycles. The second-order valence-electron chi connectivity index (χ2n) is 5.17. The van der Waals surface area contributed by atoms with Crippen LogP contribution in [0.1, 0.15) is 17.5 Å². The van der Waals surface area contributed by atoms with E-state index in [4.69, 9.17) is 0 Å². The highest BCUT2D eigenvalue weighted by atomic mass is 19.2. The zero-order valence-electron chi connectivity index (χ0n) is 12.5. The minimum Gasteiger partial charge on any atom is -0.384 e. The third-order valence-corrected chi connectivity index (χ3v) is 3.25. The van der Waals surface area contributed by atoms with Crippen LogP contribution in [0, 0.1) is 25.5 Å². The fourth-order valence-electron chi connectivity index (χ4n) is 2.12. The lowest BCUT2D eigenvalue weighted by atomic mass is 10.1. The van der Waals surface area contributed by atoms with Crippen LogP contribution >= 0.6 is 0 Å². The van der Waals surface area contributed by atoms with Gasteiger partial charge >= 0.3 is 0 Å². The first kappa shape index (κ1) is 15.9. The van der Waals surface area contributed by atoms with Gasteiger partial charge in [0.2, 0.25) is 5.91 Å². The molecule has 0 heterocycles. The molecule has 2 aromatic rings. The molecule has 0 radical (unpaired) electrons. The molecule has 0 bridgehead atoms. The summed E-state index contributed by atoms with van der Waals surface area (Å²) in [5.41, 5.74) is 3.52. The number of rotatable bonds is 5. The van der Waals surface area contributed by atoms with E-state index in [0.29, 0.717) is 6.54 Å². The first-order valence-electron chi connectivity index (χ1n) is 7.02. The van der Waals surface area contributed by atoms with Gasteiger partial charge in [-0.1, -0.05) is 17.7 Å². The van der Waals surface area contributed by atoms with E-state index in [1.807, 2.05) is 26.0 Å². The van der Waals surface area contributed by atoms with Crippen LogP contribution < -0.4 is 10.6 Å². The number of amides is 1. The molecule has 0 fully saturated rings. The zero-order chi connectivity index (χ0) is 16.1. The number of nitrogens with one attached hydrogen (secondary N) is 2. The average molecular weight is 304 g/mol. The SMILES string of the molecule is Cc1ccc(NCCC(=O)Nc2ccc(F)c(F)c2)c(C)c1. The highest BCUT2D eigenvalue weighted by Crippen LogP contribution is 2.16. The molecule has 0 aliphatic heterocycles. The first-order chi connectivity index (χ1) is 10.5. The Labute approximate surface area is 128 Å². The van der Waals surface area contributed by atoms with Crippen LogP contribution in [0.4, 0.5) is 20.2 Å². The summed E-state index contributed by atoms with van der Waals surface area (Å²) < 4.78 is 25.8. The van der Waals surface area contributed by atoms with Crippen molar-refractivity contribution in [1.29, 1.82) is 0 Å². The molecular formula is C17H18F2N2O. The Morgan fingerprint density at radius 3 is 2.50 bits per heavy atom. The van der Waals surface area contributed by atoms with Crippen LogP contribution in [0.3, 0.4) is 0 Å². The number of carbonyl (C=O) groups is 1. The largest absolute Gasteiger partial charge is 0.384 e. The third kappa shape index (κ3) is 4.28. The maximum atomic E-state index is 13.0. The van der Waals surface area contributed by atoms with Crippen molar-refractivity contribution in [2.75, 3.05) is 17.2 Å². The van der Waals surface area contributed by atoms with Gasteiger partial charge in [0.1, 0.15) is 0 Å². The fourth-order valence-corrected chi connectivity index (χ4v) is 2.12. The summed E-state index contributed by atoms with van der Waals surface area (Å²) in [5.74, 6) is -2.18. The number of carbonyl (C=O) groups excluding carboxylic acids is 1. The van der Waals surface area contributed by atoms with E-state index in [1.165, 1.54) is 11.6 Å². The molecule has 22 heavy (non-hydrogen) atoms. The number of aryl methyl sites for hydroxylation is 2. The molecule has 0 unspecified atom stereocenters. The molecule has 0 saturated carbocycles. The Bertz CT molecular complexity index is 686. The molecule has 5 heteroatoms. The molecule has 116 valence electrons. The third-order valence-electron chi connectivity index (χ3n) is 3.25. The van der Waals surface area contributed by atoms with Crippen LogP contribution in [0.5, 0.6) is 0 Å². The predicted octanol–water partition coefficient (Wildman–Crippen LogP) is 4.02. The van der Waals surface area contributed by atoms with Crippen LogP contribution in [0.15, 0.2) is 36.4 Å². The highest BCUT2D eigenvalue weighted by molar-refractivity contribution is 5.90. The molecule has 0 aliphatic rings. The summed E-state index contributed by atoms with van der Waals surface area (Å²) >= 11 is 0. The highest BCUT2D eigenvalue weighted by Gasteiger charge is 2.06. The van der Waals surface area contributed by atoms with Crippen molar-refractivity contribution in [3.05, 3.63) is 59.2 Å². The van der Waals surface area contributed by atoms with E-state index in [2.05, 4.69) is 16.7 Å². The maximum absolute atomic E-state index is 13.0. The van der Waals surface area contributed by atoms with E-state index in [9.17, 15) is 13.6 Å². The van der Waals surface area contributed by atoms with Gasteiger partial charge in [0, 0.05) is 30.4 Å². The Morgan fingerprint density at radius 1 is 1.05 bits per heavy atom. The van der Waals surface area contributed by atoms with E-state index in [-0.39, 0.29) is 18.0 Å². The number of benzene rings is 2. The van der Waals surface area contributed by atoms with Crippen molar-refractivity contribution in [1.82, 2.24) is 0 Å². The lowest BCUT2D eigenvalue weighted by molar-refractivity contribution is -0.115. The Morgan fingerprint density at radius 2 is 1.82 bits per heavy atom. The second-order valence-corrected chi connectivity index (χ2v) is 5.17. The average Bonchev–Trinajstić information content (AvgIpc) is 2.45. The van der Waals surface area contributed by atoms with Crippen molar-refractivity contribution in [3.8, 4) is 0 Å². The Kier molecular flexibility index (Phi) is 5.09. The van der Waals surface area contributed by atoms with Crippen LogP contribution in [-0.4, -0.2) is 12.5 Å². The van der Waals surface area contributed by atoms with E-state index in [0.717, 1.165) is 23.4 Å². The Hall–Kier alpha value is -2.43. The lowest BCUT2D eigenvalue weighted by Gasteiger charge is -2.10. The maximum Gasteiger partial charge on any atom is 0.226 e. The number of halogens is 2. The van der Waals surface area contributed by atoms with Crippen molar-refractivity contribution >= 4 is 17.3 Å². The molecule has 0 atom stereocenters. The second kappa shape index (κ2) is 7.02. The number of hydrogen-bond donors (Lipinski definition) is 2. The van der Waals surface area contributed by atoms with Crippen molar-refractivity contribution in [2.45, 2.75) is 20.3 Å². The summed E-state index contributed by atoms with van der Waals surface area (Å²) in [6, 6.07) is 9.30. The lowest BCUT2D eigenvalue weighted by Crippen LogP contribution is -2.16. The molecule has 2 aromatic carbocycles. The number of anilines is 2. The molecular weight excluding hydrogens is 286 g/mol. The quantitative estimate of drug-likeness (QED) is 0.876. The zero-order valence-corrected chi connectivity index (χ0v) is 12.5. The van der Waals surface area contributed by atoms with Crippen molar-refractivity contribution < 1.29 is 13.6 Å². The van der Waals surface area contributed by atoms with E-state index >= 15 is 0 Å². The minimum atomic E-state index is -0.980.